The quantitative estimate of drug-likeness (QED) is 0.145. The lowest BCUT2D eigenvalue weighted by molar-refractivity contribution is 0.714. The highest BCUT2D eigenvalue weighted by Crippen LogP contribution is 2.46. The topological polar surface area (TPSA) is 25.2 Å². The number of benzene rings is 5. The van der Waals surface area contributed by atoms with Crippen LogP contribution in [-0.2, 0) is 0 Å². The Balaban J connectivity index is 1.31. The lowest BCUT2D eigenvalue weighted by Gasteiger charge is -2.23. The van der Waals surface area contributed by atoms with E-state index in [0.29, 0.717) is 11.8 Å². The fourth-order valence-corrected chi connectivity index (χ4v) is 7.46. The average Bonchev–Trinajstić information content (AvgIpc) is 3.14. The van der Waals surface area contributed by atoms with Crippen LogP contribution < -0.4 is 0 Å². The Bertz CT molecular complexity index is 2190. The molecule has 0 spiro atoms. The number of allylic oxidation sites excluding steroid dienone is 7. The molecule has 0 fully saturated rings. The third-order valence-electron chi connectivity index (χ3n) is 9.78. The Kier molecular flexibility index (Phi) is 7.93. The largest absolute Gasteiger partial charge is 0.283 e. The van der Waals surface area contributed by atoms with Gasteiger partial charge in [-0.05, 0) is 91.9 Å². The second-order valence-corrected chi connectivity index (χ2v) is 12.8. The Hall–Kier alpha value is -5.34. The third kappa shape index (κ3) is 5.55. The molecule has 0 amide bonds. The maximum Gasteiger partial charge on any atom is 0.0953 e. The first-order valence-corrected chi connectivity index (χ1v) is 16.9. The third-order valence-corrected chi connectivity index (χ3v) is 9.78. The molecule has 1 aliphatic heterocycles. The van der Waals surface area contributed by atoms with Gasteiger partial charge in [0.05, 0.1) is 11.7 Å². The van der Waals surface area contributed by atoms with E-state index in [-0.39, 0.29) is 6.04 Å². The van der Waals surface area contributed by atoms with Crippen molar-refractivity contribution in [3.05, 3.63) is 163 Å². The van der Waals surface area contributed by atoms with Crippen LogP contribution in [0.4, 0.5) is 0 Å². The SMILES string of the molecule is CC1/C=C\C=C/CCC(c2c3ccccc3c(-c3ccc(-c4ccc(C5CC=CC=N5)nc4)c4ccccc34)c3ccccc23)/C=C\1. The zero-order chi connectivity index (χ0) is 31.6. The van der Waals surface area contributed by atoms with Crippen LogP contribution in [-0.4, -0.2) is 11.2 Å². The van der Waals surface area contributed by atoms with Crippen molar-refractivity contribution in [3.8, 4) is 22.3 Å². The number of aromatic nitrogens is 1. The monoisotopic (exact) mass is 606 g/mol. The maximum absolute atomic E-state index is 4.87. The standard InChI is InChI=1S/C45H38N2/c1-31-14-4-2-3-5-15-32(24-23-31)44-37-18-8-10-20-39(37)45(40-21-11-9-19-38(40)44)41-27-26-34(35-16-6-7-17-36(35)41)33-25-28-43(47-30-33)42-22-12-13-29-46-42/h2-4,6-14,16-21,23-32,42H,5,15,22H2,1H3/b3-2-,14-4-,24-23-. The van der Waals surface area contributed by atoms with E-state index in [1.54, 1.807) is 0 Å². The van der Waals surface area contributed by atoms with Crippen molar-refractivity contribution in [1.29, 1.82) is 0 Å². The van der Waals surface area contributed by atoms with E-state index in [4.69, 9.17) is 4.98 Å². The fraction of sp³-hybridized carbons (Fsp3) is 0.156. The summed E-state index contributed by atoms with van der Waals surface area (Å²) >= 11 is 0. The molecule has 1 aliphatic carbocycles. The molecule has 228 valence electrons. The molecular weight excluding hydrogens is 569 g/mol. The molecule has 8 rings (SSSR count). The minimum Gasteiger partial charge on any atom is -0.283 e. The molecule has 0 saturated heterocycles. The highest BCUT2D eigenvalue weighted by molar-refractivity contribution is 6.19. The zero-order valence-electron chi connectivity index (χ0n) is 26.8. The van der Waals surface area contributed by atoms with Crippen molar-refractivity contribution >= 4 is 38.5 Å². The van der Waals surface area contributed by atoms with Gasteiger partial charge in [-0.2, -0.15) is 0 Å². The Morgan fingerprint density at radius 2 is 1.28 bits per heavy atom. The van der Waals surface area contributed by atoms with Gasteiger partial charge in [0.1, 0.15) is 0 Å². The molecule has 2 aliphatic rings. The van der Waals surface area contributed by atoms with Crippen LogP contribution in [0.1, 0.15) is 49.4 Å². The number of hydrogen-bond acceptors (Lipinski definition) is 2. The highest BCUT2D eigenvalue weighted by atomic mass is 14.8. The molecule has 0 radical (unpaired) electrons. The minimum absolute atomic E-state index is 0.0984. The number of dihydropyridines is 1. The van der Waals surface area contributed by atoms with Crippen molar-refractivity contribution in [2.24, 2.45) is 10.9 Å². The Labute approximate surface area is 277 Å². The molecule has 3 unspecified atom stereocenters. The van der Waals surface area contributed by atoms with Gasteiger partial charge < -0.3 is 0 Å². The zero-order valence-corrected chi connectivity index (χ0v) is 26.8. The van der Waals surface area contributed by atoms with Gasteiger partial charge in [0.15, 0.2) is 0 Å². The molecule has 0 N–H and O–H groups in total. The molecule has 2 heterocycles. The number of hydrogen-bond donors (Lipinski definition) is 0. The molecule has 5 aromatic carbocycles. The average molecular weight is 607 g/mol. The number of pyridine rings is 1. The van der Waals surface area contributed by atoms with Crippen molar-refractivity contribution in [3.63, 3.8) is 0 Å². The first kappa shape index (κ1) is 29.1. The van der Waals surface area contributed by atoms with E-state index in [1.165, 1.54) is 54.6 Å². The van der Waals surface area contributed by atoms with Crippen molar-refractivity contribution in [2.45, 2.75) is 38.1 Å². The van der Waals surface area contributed by atoms with Crippen molar-refractivity contribution in [1.82, 2.24) is 4.98 Å². The van der Waals surface area contributed by atoms with E-state index in [1.807, 2.05) is 18.5 Å². The molecule has 0 bridgehead atoms. The van der Waals surface area contributed by atoms with E-state index >= 15 is 0 Å². The summed E-state index contributed by atoms with van der Waals surface area (Å²) < 4.78 is 0. The van der Waals surface area contributed by atoms with Gasteiger partial charge in [0.2, 0.25) is 0 Å². The van der Waals surface area contributed by atoms with Crippen LogP contribution in [0.2, 0.25) is 0 Å². The molecule has 0 saturated carbocycles. The van der Waals surface area contributed by atoms with Crippen LogP contribution in [0.5, 0.6) is 0 Å². The summed E-state index contributed by atoms with van der Waals surface area (Å²) in [6.07, 6.45) is 24.9. The molecule has 3 atom stereocenters. The van der Waals surface area contributed by atoms with E-state index < -0.39 is 0 Å². The number of nitrogens with zero attached hydrogens (tertiary/aromatic N) is 2. The summed E-state index contributed by atoms with van der Waals surface area (Å²) in [6.45, 7) is 2.26. The van der Waals surface area contributed by atoms with Gasteiger partial charge in [0, 0.05) is 23.9 Å². The van der Waals surface area contributed by atoms with Crippen LogP contribution in [0.3, 0.4) is 0 Å². The van der Waals surface area contributed by atoms with Crippen LogP contribution in [0.25, 0.3) is 54.6 Å². The normalized spacial score (nSPS) is 21.6. The second kappa shape index (κ2) is 12.8. The highest BCUT2D eigenvalue weighted by Gasteiger charge is 2.22. The number of aliphatic imine (C=N–C) groups is 1. The summed E-state index contributed by atoms with van der Waals surface area (Å²) in [5.74, 6) is 0.716. The van der Waals surface area contributed by atoms with Gasteiger partial charge in [0.25, 0.3) is 0 Å². The summed E-state index contributed by atoms with van der Waals surface area (Å²) in [4.78, 5) is 9.49. The predicted molar refractivity (Wildman–Crippen MR) is 201 cm³/mol. The summed E-state index contributed by atoms with van der Waals surface area (Å²) in [5, 5.41) is 7.78. The number of fused-ring (bicyclic) bond motifs is 3. The van der Waals surface area contributed by atoms with Crippen LogP contribution >= 0.6 is 0 Å². The lowest BCUT2D eigenvalue weighted by atomic mass is 9.80. The molecule has 2 nitrogen and oxygen atoms in total. The van der Waals surface area contributed by atoms with E-state index in [0.717, 1.165) is 30.5 Å². The first-order chi connectivity index (χ1) is 23.3. The first-order valence-electron chi connectivity index (χ1n) is 16.9. The van der Waals surface area contributed by atoms with Gasteiger partial charge in [-0.15, -0.1) is 0 Å². The van der Waals surface area contributed by atoms with Crippen molar-refractivity contribution in [2.75, 3.05) is 0 Å². The summed E-state index contributed by atoms with van der Waals surface area (Å²) in [6, 6.07) is 36.0. The minimum atomic E-state index is 0.0984. The molecule has 1 aromatic heterocycles. The van der Waals surface area contributed by atoms with E-state index in [9.17, 15) is 0 Å². The Morgan fingerprint density at radius 3 is 1.96 bits per heavy atom. The second-order valence-electron chi connectivity index (χ2n) is 12.8. The van der Waals surface area contributed by atoms with Gasteiger partial charge in [-0.25, -0.2) is 0 Å². The lowest BCUT2D eigenvalue weighted by Crippen LogP contribution is -2.01. The maximum atomic E-state index is 4.87. The molecule has 47 heavy (non-hydrogen) atoms. The van der Waals surface area contributed by atoms with Crippen LogP contribution in [0.15, 0.2) is 157 Å². The smallest absolute Gasteiger partial charge is 0.0953 e. The summed E-state index contributed by atoms with van der Waals surface area (Å²) in [7, 11) is 0. The molecule has 2 heteroatoms. The molecular formula is C45H38N2. The van der Waals surface area contributed by atoms with Gasteiger partial charge in [-0.3, -0.25) is 9.98 Å². The van der Waals surface area contributed by atoms with Crippen molar-refractivity contribution < 1.29 is 0 Å². The molecule has 6 aromatic rings. The van der Waals surface area contributed by atoms with Gasteiger partial charge >= 0.3 is 0 Å². The van der Waals surface area contributed by atoms with Crippen LogP contribution in [0, 0.1) is 5.92 Å². The summed E-state index contributed by atoms with van der Waals surface area (Å²) in [5.41, 5.74) is 7.34. The van der Waals surface area contributed by atoms with E-state index in [2.05, 4.69) is 152 Å². The van der Waals surface area contributed by atoms with Gasteiger partial charge in [-0.1, -0.05) is 140 Å². The predicted octanol–water partition coefficient (Wildman–Crippen LogP) is 12.1. The fourth-order valence-electron chi connectivity index (χ4n) is 7.46. The number of rotatable bonds is 4. The Morgan fingerprint density at radius 1 is 0.596 bits per heavy atom.